The average molecular weight is 598 g/mol. The van der Waals surface area contributed by atoms with Crippen LogP contribution in [0, 0.1) is 13.8 Å². The van der Waals surface area contributed by atoms with Gasteiger partial charge in [0.05, 0.1) is 23.4 Å². The lowest BCUT2D eigenvalue weighted by molar-refractivity contribution is -0.139. The molecule has 10 heteroatoms. The first kappa shape index (κ1) is 29.3. The molecular formula is C30H26Cl2N2O5S. The summed E-state index contributed by atoms with van der Waals surface area (Å²) in [6, 6.07) is 14.4. The lowest BCUT2D eigenvalue weighted by atomic mass is 10.0. The second-order valence-corrected chi connectivity index (χ2v) is 10.7. The molecular weight excluding hydrogens is 571 g/mol. The van der Waals surface area contributed by atoms with Crippen molar-refractivity contribution in [1.82, 2.24) is 0 Å². The van der Waals surface area contributed by atoms with E-state index in [4.69, 9.17) is 42.8 Å². The number of anilines is 1. The van der Waals surface area contributed by atoms with Gasteiger partial charge >= 0.3 is 5.97 Å². The maximum Gasteiger partial charge on any atom is 0.341 e. The summed E-state index contributed by atoms with van der Waals surface area (Å²) in [5, 5.41) is 10.6. The molecule has 7 nitrogen and oxygen atoms in total. The minimum Gasteiger partial charge on any atom is -0.493 e. The number of thioether (sulfide) groups is 1. The minimum absolute atomic E-state index is 0.280. The molecule has 1 aliphatic rings. The molecule has 1 aliphatic heterocycles. The highest BCUT2D eigenvalue weighted by Gasteiger charge is 2.35. The van der Waals surface area contributed by atoms with Crippen molar-refractivity contribution in [3.05, 3.63) is 98.4 Å². The molecule has 0 aromatic heterocycles. The smallest absolute Gasteiger partial charge is 0.341 e. The Bertz CT molecular complexity index is 1570. The molecule has 1 amide bonds. The predicted octanol–water partition coefficient (Wildman–Crippen LogP) is 7.62. The van der Waals surface area contributed by atoms with Crippen LogP contribution in [0.15, 0.2) is 71.1 Å². The first-order chi connectivity index (χ1) is 19.1. The average Bonchev–Trinajstić information content (AvgIpc) is 3.21. The number of hydrogen-bond donors (Lipinski definition) is 1. The Labute approximate surface area is 246 Å². The van der Waals surface area contributed by atoms with Crippen LogP contribution in [0.2, 0.25) is 10.0 Å². The number of hydrogen-bond acceptors (Lipinski definition) is 6. The van der Waals surface area contributed by atoms with Gasteiger partial charge in [-0.2, -0.15) is 0 Å². The monoisotopic (exact) mass is 596 g/mol. The molecule has 1 N–H and O–H groups in total. The lowest BCUT2D eigenvalue weighted by Gasteiger charge is -2.17. The van der Waals surface area contributed by atoms with E-state index >= 15 is 0 Å². The first-order valence-electron chi connectivity index (χ1n) is 12.1. The van der Waals surface area contributed by atoms with Crippen LogP contribution >= 0.6 is 35.0 Å². The molecule has 1 saturated heterocycles. The molecule has 0 bridgehead atoms. The highest BCUT2D eigenvalue weighted by molar-refractivity contribution is 8.19. The van der Waals surface area contributed by atoms with Crippen molar-refractivity contribution < 1.29 is 24.2 Å². The number of benzene rings is 3. The molecule has 206 valence electrons. The van der Waals surface area contributed by atoms with E-state index in [2.05, 4.69) is 6.58 Å². The largest absolute Gasteiger partial charge is 0.493 e. The van der Waals surface area contributed by atoms with E-state index in [1.54, 1.807) is 30.4 Å². The number of nitrogens with zero attached hydrogens (tertiary/aromatic N) is 2. The van der Waals surface area contributed by atoms with Crippen molar-refractivity contribution >= 4 is 69.5 Å². The minimum atomic E-state index is -1.11. The standard InChI is InChI=1S/C30H26Cl2N2O5S/c1-5-6-20-11-19(12-25(38-4)28(20)39-16-27(35)36)13-26-29(37)34(22-10-8-18(3)24(32)15-22)30(40-26)33-21-9-7-17(2)23(31)14-21/h5,7-15H,1,6,16H2,2-4H3,(H,35,36)/b26-13+,33-30?. The van der Waals surface area contributed by atoms with Gasteiger partial charge in [-0.25, -0.2) is 9.79 Å². The third kappa shape index (κ3) is 6.53. The number of allylic oxidation sites excluding steroid dienone is 1. The highest BCUT2D eigenvalue weighted by Crippen LogP contribution is 2.40. The van der Waals surface area contributed by atoms with Crippen LogP contribution < -0.4 is 14.4 Å². The van der Waals surface area contributed by atoms with Crippen LogP contribution in [0.1, 0.15) is 22.3 Å². The fraction of sp³-hybridized carbons (Fsp3) is 0.167. The molecule has 0 saturated carbocycles. The summed E-state index contributed by atoms with van der Waals surface area (Å²) in [6.07, 6.45) is 3.81. The molecule has 3 aromatic rings. The Balaban J connectivity index is 1.81. The van der Waals surface area contributed by atoms with E-state index < -0.39 is 12.6 Å². The summed E-state index contributed by atoms with van der Waals surface area (Å²) in [4.78, 5) is 31.6. The number of halogens is 2. The Hall–Kier alpha value is -3.72. The van der Waals surface area contributed by atoms with Gasteiger partial charge in [0.1, 0.15) is 0 Å². The topological polar surface area (TPSA) is 88.4 Å². The number of ether oxygens (including phenoxy) is 2. The van der Waals surface area contributed by atoms with Crippen molar-refractivity contribution in [2.75, 3.05) is 18.6 Å². The number of carbonyl (C=O) groups excluding carboxylic acids is 1. The van der Waals surface area contributed by atoms with Crippen LogP contribution in [-0.4, -0.2) is 35.9 Å². The summed E-state index contributed by atoms with van der Waals surface area (Å²) in [5.74, 6) is -0.735. The number of aliphatic carboxylic acids is 1. The summed E-state index contributed by atoms with van der Waals surface area (Å²) < 4.78 is 11.0. The van der Waals surface area contributed by atoms with Crippen molar-refractivity contribution in [2.24, 2.45) is 4.99 Å². The van der Waals surface area contributed by atoms with Gasteiger partial charge in [0.2, 0.25) is 0 Å². The van der Waals surface area contributed by atoms with Gasteiger partial charge in [-0.1, -0.05) is 41.4 Å². The third-order valence-electron chi connectivity index (χ3n) is 5.98. The second-order valence-electron chi connectivity index (χ2n) is 8.90. The van der Waals surface area contributed by atoms with E-state index in [9.17, 15) is 9.59 Å². The summed E-state index contributed by atoms with van der Waals surface area (Å²) >= 11 is 13.9. The van der Waals surface area contributed by atoms with Crippen molar-refractivity contribution in [2.45, 2.75) is 20.3 Å². The normalized spacial score (nSPS) is 15.1. The number of amidine groups is 1. The van der Waals surface area contributed by atoms with Crippen molar-refractivity contribution in [3.63, 3.8) is 0 Å². The number of amides is 1. The van der Waals surface area contributed by atoms with E-state index in [0.29, 0.717) is 60.5 Å². The highest BCUT2D eigenvalue weighted by atomic mass is 35.5. The van der Waals surface area contributed by atoms with Gasteiger partial charge in [-0.15, -0.1) is 6.58 Å². The van der Waals surface area contributed by atoms with Crippen molar-refractivity contribution in [3.8, 4) is 11.5 Å². The number of aliphatic imine (C=N–C) groups is 1. The molecule has 1 heterocycles. The fourth-order valence-electron chi connectivity index (χ4n) is 3.93. The van der Waals surface area contributed by atoms with Gasteiger partial charge in [0.15, 0.2) is 23.3 Å². The van der Waals surface area contributed by atoms with Crippen LogP contribution in [0.25, 0.3) is 6.08 Å². The van der Waals surface area contributed by atoms with E-state index in [1.165, 1.54) is 23.8 Å². The molecule has 0 unspecified atom stereocenters. The van der Waals surface area contributed by atoms with Gasteiger partial charge in [-0.05, 0) is 91.2 Å². The van der Waals surface area contributed by atoms with E-state index in [-0.39, 0.29) is 5.91 Å². The fourth-order valence-corrected chi connectivity index (χ4v) is 5.28. The van der Waals surface area contributed by atoms with Gasteiger partial charge in [-0.3, -0.25) is 9.69 Å². The SMILES string of the molecule is C=CCc1cc(/C=C2/SC(=Nc3ccc(C)c(Cl)c3)N(c3ccc(C)c(Cl)c3)C2=O)cc(OC)c1OCC(=O)O. The molecule has 4 rings (SSSR count). The molecule has 0 radical (unpaired) electrons. The molecule has 3 aromatic carbocycles. The zero-order valence-corrected chi connectivity index (χ0v) is 24.4. The number of carboxylic acids is 1. The van der Waals surface area contributed by atoms with Gasteiger partial charge < -0.3 is 14.6 Å². The predicted molar refractivity (Wildman–Crippen MR) is 163 cm³/mol. The number of carbonyl (C=O) groups is 2. The number of carboxylic acid groups (broad SMARTS) is 1. The number of rotatable bonds is 9. The summed E-state index contributed by atoms with van der Waals surface area (Å²) in [5.41, 5.74) is 4.32. The maximum absolute atomic E-state index is 13.8. The Morgan fingerprint density at radius 1 is 1.10 bits per heavy atom. The second kappa shape index (κ2) is 12.6. The van der Waals surface area contributed by atoms with Crippen LogP contribution in [0.3, 0.4) is 0 Å². The Kier molecular flexibility index (Phi) is 9.25. The van der Waals surface area contributed by atoms with Gasteiger partial charge in [0.25, 0.3) is 5.91 Å². The molecule has 40 heavy (non-hydrogen) atoms. The molecule has 0 spiro atoms. The van der Waals surface area contributed by atoms with Crippen LogP contribution in [0.4, 0.5) is 11.4 Å². The number of aryl methyl sites for hydroxylation is 2. The van der Waals surface area contributed by atoms with E-state index in [0.717, 1.165) is 11.1 Å². The van der Waals surface area contributed by atoms with E-state index in [1.807, 2.05) is 44.2 Å². The lowest BCUT2D eigenvalue weighted by Crippen LogP contribution is -2.28. The molecule has 0 atom stereocenters. The number of methoxy groups -OCH3 is 1. The van der Waals surface area contributed by atoms with Crippen LogP contribution in [0.5, 0.6) is 11.5 Å². The zero-order valence-electron chi connectivity index (χ0n) is 22.0. The molecule has 1 fully saturated rings. The zero-order chi connectivity index (χ0) is 29.0. The van der Waals surface area contributed by atoms with Crippen molar-refractivity contribution in [1.29, 1.82) is 0 Å². The molecule has 0 aliphatic carbocycles. The first-order valence-corrected chi connectivity index (χ1v) is 13.7. The summed E-state index contributed by atoms with van der Waals surface area (Å²) in [7, 11) is 1.47. The Morgan fingerprint density at radius 2 is 1.80 bits per heavy atom. The third-order valence-corrected chi connectivity index (χ3v) is 7.76. The summed E-state index contributed by atoms with van der Waals surface area (Å²) in [6.45, 7) is 7.05. The Morgan fingerprint density at radius 3 is 2.42 bits per heavy atom. The van der Waals surface area contributed by atoms with Gasteiger partial charge in [0, 0.05) is 15.6 Å². The maximum atomic E-state index is 13.8. The quantitative estimate of drug-likeness (QED) is 0.202. The van der Waals surface area contributed by atoms with Crippen LogP contribution in [-0.2, 0) is 16.0 Å².